The van der Waals surface area contributed by atoms with E-state index in [0.29, 0.717) is 12.6 Å². The molecule has 3 rings (SSSR count). The van der Waals surface area contributed by atoms with Crippen LogP contribution in [0.4, 0.5) is 0 Å². The molecule has 29 heavy (non-hydrogen) atoms. The number of likely N-dealkylation sites (tertiary alicyclic amines) is 1. The van der Waals surface area contributed by atoms with Gasteiger partial charge in [0.15, 0.2) is 11.8 Å². The number of ether oxygens (including phenoxy) is 1. The Balaban J connectivity index is 0.00000300. The fraction of sp³-hybridized carbons (Fsp3) is 0.850. The molecule has 2 N–H and O–H groups in total. The third-order valence-electron chi connectivity index (χ3n) is 6.09. The Morgan fingerprint density at radius 2 is 1.90 bits per heavy atom. The van der Waals surface area contributed by atoms with Gasteiger partial charge in [0.1, 0.15) is 12.4 Å². The number of methoxy groups -OCH3 is 1. The first-order chi connectivity index (χ1) is 13.7. The summed E-state index contributed by atoms with van der Waals surface area (Å²) in [7, 11) is 3.72. The third kappa shape index (κ3) is 7.36. The molecule has 166 valence electrons. The predicted octanol–water partition coefficient (Wildman–Crippen LogP) is 2.22. The second-order valence-corrected chi connectivity index (χ2v) is 8.05. The van der Waals surface area contributed by atoms with E-state index in [9.17, 15) is 0 Å². The van der Waals surface area contributed by atoms with Crippen molar-refractivity contribution in [2.24, 2.45) is 12.0 Å². The lowest BCUT2D eigenvalue weighted by molar-refractivity contribution is 0.150. The molecular weight excluding hydrogens is 481 g/mol. The van der Waals surface area contributed by atoms with Crippen molar-refractivity contribution < 1.29 is 4.74 Å². The minimum atomic E-state index is 0. The van der Waals surface area contributed by atoms with Crippen molar-refractivity contribution in [3.63, 3.8) is 0 Å². The molecule has 1 aliphatic heterocycles. The maximum absolute atomic E-state index is 5.15. The van der Waals surface area contributed by atoms with Gasteiger partial charge in [-0.3, -0.25) is 0 Å². The highest BCUT2D eigenvalue weighted by molar-refractivity contribution is 14.0. The molecule has 0 unspecified atom stereocenters. The van der Waals surface area contributed by atoms with Crippen LogP contribution >= 0.6 is 24.0 Å². The second kappa shape index (κ2) is 12.7. The first-order valence-electron chi connectivity index (χ1n) is 10.8. The molecule has 1 saturated carbocycles. The topological polar surface area (TPSA) is 79.6 Å². The average molecular weight is 519 g/mol. The fourth-order valence-electron chi connectivity index (χ4n) is 4.19. The summed E-state index contributed by atoms with van der Waals surface area (Å²) in [5.74, 6) is 2.66. The van der Waals surface area contributed by atoms with Crippen molar-refractivity contribution in [1.82, 2.24) is 30.3 Å². The van der Waals surface area contributed by atoms with Gasteiger partial charge in [0.25, 0.3) is 0 Å². The van der Waals surface area contributed by atoms with E-state index in [4.69, 9.17) is 9.73 Å². The van der Waals surface area contributed by atoms with Gasteiger partial charge in [0, 0.05) is 52.5 Å². The minimum Gasteiger partial charge on any atom is -0.385 e. The van der Waals surface area contributed by atoms with Crippen LogP contribution in [0.15, 0.2) is 4.99 Å². The quantitative estimate of drug-likeness (QED) is 0.238. The van der Waals surface area contributed by atoms with Crippen LogP contribution in [0.3, 0.4) is 0 Å². The number of hydrogen-bond acceptors (Lipinski definition) is 5. The molecule has 0 spiro atoms. The summed E-state index contributed by atoms with van der Waals surface area (Å²) in [6.07, 6.45) is 8.92. The molecular formula is C20H38IN7O. The zero-order valence-corrected chi connectivity index (χ0v) is 20.5. The highest BCUT2D eigenvalue weighted by atomic mass is 127. The van der Waals surface area contributed by atoms with E-state index in [0.717, 1.165) is 43.2 Å². The maximum Gasteiger partial charge on any atom is 0.191 e. The molecule has 1 saturated heterocycles. The smallest absolute Gasteiger partial charge is 0.191 e. The van der Waals surface area contributed by atoms with Crippen LogP contribution in [0, 0.1) is 6.92 Å². The van der Waals surface area contributed by atoms with Gasteiger partial charge in [0.2, 0.25) is 0 Å². The Kier molecular flexibility index (Phi) is 10.6. The summed E-state index contributed by atoms with van der Waals surface area (Å²) < 4.78 is 7.15. The molecule has 0 radical (unpaired) electrons. The fourth-order valence-corrected chi connectivity index (χ4v) is 4.19. The number of halogens is 1. The molecule has 9 heteroatoms. The summed E-state index contributed by atoms with van der Waals surface area (Å²) in [5, 5.41) is 15.5. The molecule has 0 atom stereocenters. The first-order valence-corrected chi connectivity index (χ1v) is 10.8. The molecule has 0 aromatic carbocycles. The summed E-state index contributed by atoms with van der Waals surface area (Å²) in [6.45, 7) is 6.48. The van der Waals surface area contributed by atoms with Gasteiger partial charge in [-0.05, 0) is 39.0 Å². The number of hydrogen-bond donors (Lipinski definition) is 2. The van der Waals surface area contributed by atoms with Crippen molar-refractivity contribution in [3.05, 3.63) is 11.6 Å². The number of rotatable bonds is 8. The number of guanidine groups is 1. The lowest BCUT2D eigenvalue weighted by Gasteiger charge is -2.36. The third-order valence-corrected chi connectivity index (χ3v) is 6.09. The predicted molar refractivity (Wildman–Crippen MR) is 127 cm³/mol. The van der Waals surface area contributed by atoms with Crippen LogP contribution in [-0.2, 0) is 18.3 Å². The monoisotopic (exact) mass is 519 g/mol. The second-order valence-electron chi connectivity index (χ2n) is 8.05. The van der Waals surface area contributed by atoms with Crippen LogP contribution in [0.5, 0.6) is 0 Å². The van der Waals surface area contributed by atoms with E-state index >= 15 is 0 Å². The van der Waals surface area contributed by atoms with E-state index in [1.54, 1.807) is 7.11 Å². The Morgan fingerprint density at radius 1 is 1.17 bits per heavy atom. The average Bonchev–Trinajstić information content (AvgIpc) is 3.35. The number of piperidine rings is 1. The van der Waals surface area contributed by atoms with Gasteiger partial charge >= 0.3 is 0 Å². The zero-order valence-electron chi connectivity index (χ0n) is 18.2. The molecule has 1 aromatic rings. The zero-order chi connectivity index (χ0) is 19.8. The van der Waals surface area contributed by atoms with Crippen molar-refractivity contribution in [3.8, 4) is 0 Å². The summed E-state index contributed by atoms with van der Waals surface area (Å²) in [5.41, 5.74) is 0. The lowest BCUT2D eigenvalue weighted by atomic mass is 10.0. The molecule has 2 heterocycles. The largest absolute Gasteiger partial charge is 0.385 e. The number of aromatic nitrogens is 3. The lowest BCUT2D eigenvalue weighted by Crippen LogP contribution is -2.50. The van der Waals surface area contributed by atoms with Gasteiger partial charge in [-0.25, -0.2) is 4.99 Å². The number of nitrogens with zero attached hydrogens (tertiary/aromatic N) is 5. The standard InChI is InChI=1S/C20H37N7O.HI/c1-16-24-25-19(26(16)2)15-22-20(21-11-6-14-28-3)23-17-9-12-27(13-10-17)18-7-4-5-8-18;/h17-18H,4-15H2,1-3H3,(H2,21,22,23);1H. The SMILES string of the molecule is COCCCNC(=NCc1nnc(C)n1C)NC1CCN(C2CCCC2)CC1.I. The normalized spacial score (nSPS) is 19.3. The van der Waals surface area contributed by atoms with E-state index in [2.05, 4.69) is 25.7 Å². The van der Waals surface area contributed by atoms with Crippen LogP contribution in [0.1, 0.15) is 56.6 Å². The molecule has 0 bridgehead atoms. The maximum atomic E-state index is 5.15. The van der Waals surface area contributed by atoms with Crippen LogP contribution in [0.2, 0.25) is 0 Å². The Hall–Kier alpha value is -0.940. The van der Waals surface area contributed by atoms with Crippen LogP contribution in [-0.4, -0.2) is 71.1 Å². The number of aryl methyl sites for hydroxylation is 1. The van der Waals surface area contributed by atoms with Gasteiger partial charge in [-0.1, -0.05) is 12.8 Å². The number of nitrogens with one attached hydrogen (secondary N) is 2. The molecule has 1 aromatic heterocycles. The minimum absolute atomic E-state index is 0. The van der Waals surface area contributed by atoms with E-state index < -0.39 is 0 Å². The Labute approximate surface area is 192 Å². The first kappa shape index (κ1) is 24.3. The van der Waals surface area contributed by atoms with Gasteiger partial charge in [0.05, 0.1) is 0 Å². The molecule has 1 aliphatic carbocycles. The highest BCUT2D eigenvalue weighted by Gasteiger charge is 2.27. The van der Waals surface area contributed by atoms with Crippen molar-refractivity contribution >= 4 is 29.9 Å². The highest BCUT2D eigenvalue weighted by Crippen LogP contribution is 2.26. The molecule has 2 fully saturated rings. The summed E-state index contributed by atoms with van der Waals surface area (Å²) in [6, 6.07) is 1.31. The summed E-state index contributed by atoms with van der Waals surface area (Å²) in [4.78, 5) is 7.48. The van der Waals surface area contributed by atoms with Crippen molar-refractivity contribution in [2.45, 2.75) is 70.5 Å². The molecule has 8 nitrogen and oxygen atoms in total. The summed E-state index contributed by atoms with van der Waals surface area (Å²) >= 11 is 0. The van der Waals surface area contributed by atoms with Gasteiger partial charge in [-0.2, -0.15) is 0 Å². The van der Waals surface area contributed by atoms with Crippen LogP contribution in [0.25, 0.3) is 0 Å². The molecule has 2 aliphatic rings. The number of aliphatic imine (C=N–C) groups is 1. The van der Waals surface area contributed by atoms with E-state index in [1.807, 2.05) is 18.5 Å². The Bertz CT molecular complexity index is 622. The van der Waals surface area contributed by atoms with Gasteiger partial charge in [-0.15, -0.1) is 34.2 Å². The van der Waals surface area contributed by atoms with Gasteiger partial charge < -0.3 is 24.8 Å². The van der Waals surface area contributed by atoms with Crippen molar-refractivity contribution in [1.29, 1.82) is 0 Å². The van der Waals surface area contributed by atoms with E-state index in [1.165, 1.54) is 51.6 Å². The molecule has 0 amide bonds. The van der Waals surface area contributed by atoms with E-state index in [-0.39, 0.29) is 24.0 Å². The Morgan fingerprint density at radius 3 is 2.52 bits per heavy atom. The van der Waals surface area contributed by atoms with Crippen LogP contribution < -0.4 is 10.6 Å². The van der Waals surface area contributed by atoms with Crippen molar-refractivity contribution in [2.75, 3.05) is 33.4 Å².